The molecule has 0 radical (unpaired) electrons. The summed E-state index contributed by atoms with van der Waals surface area (Å²) < 4.78 is 0. The average molecular weight is 243 g/mol. The minimum absolute atomic E-state index is 0.823. The largest absolute Gasteiger partial charge is 0.314 e. The second-order valence-electron chi connectivity index (χ2n) is 5.09. The second-order valence-corrected chi connectivity index (χ2v) is 6.08. The summed E-state index contributed by atoms with van der Waals surface area (Å²) in [6.45, 7) is 3.48. The van der Waals surface area contributed by atoms with Crippen molar-refractivity contribution in [3.05, 3.63) is 0 Å². The molecule has 1 aliphatic carbocycles. The number of thioether (sulfide) groups is 1. The lowest BCUT2D eigenvalue weighted by Crippen LogP contribution is -2.36. The highest BCUT2D eigenvalue weighted by Gasteiger charge is 2.22. The molecule has 0 aliphatic heterocycles. The van der Waals surface area contributed by atoms with Gasteiger partial charge in [-0.05, 0) is 56.6 Å². The minimum atomic E-state index is 0.823. The van der Waals surface area contributed by atoms with Crippen molar-refractivity contribution in [1.29, 1.82) is 0 Å². The lowest BCUT2D eigenvalue weighted by atomic mass is 9.90. The molecular formula is C14H29NS. The maximum absolute atomic E-state index is 3.78. The van der Waals surface area contributed by atoms with E-state index in [2.05, 4.69) is 18.5 Å². The summed E-state index contributed by atoms with van der Waals surface area (Å²) in [5.41, 5.74) is 0. The van der Waals surface area contributed by atoms with Crippen molar-refractivity contribution in [2.24, 2.45) is 5.92 Å². The molecule has 1 saturated carbocycles. The van der Waals surface area contributed by atoms with Gasteiger partial charge in [0.2, 0.25) is 0 Å². The van der Waals surface area contributed by atoms with E-state index >= 15 is 0 Å². The first kappa shape index (κ1) is 14.4. The second kappa shape index (κ2) is 9.35. The zero-order valence-corrected chi connectivity index (χ0v) is 12.0. The van der Waals surface area contributed by atoms with Crippen molar-refractivity contribution in [2.45, 2.75) is 64.3 Å². The lowest BCUT2D eigenvalue weighted by molar-refractivity contribution is 0.315. The summed E-state index contributed by atoms with van der Waals surface area (Å²) in [6.07, 6.45) is 13.6. The van der Waals surface area contributed by atoms with E-state index in [1.165, 1.54) is 63.7 Å². The molecule has 1 rings (SSSR count). The minimum Gasteiger partial charge on any atom is -0.314 e. The van der Waals surface area contributed by atoms with Gasteiger partial charge in [0, 0.05) is 6.04 Å². The summed E-state index contributed by atoms with van der Waals surface area (Å²) in [5, 5.41) is 3.78. The molecule has 2 unspecified atom stereocenters. The van der Waals surface area contributed by atoms with Gasteiger partial charge in [0.1, 0.15) is 0 Å². The Kier molecular flexibility index (Phi) is 8.40. The van der Waals surface area contributed by atoms with Gasteiger partial charge in [-0.25, -0.2) is 0 Å². The van der Waals surface area contributed by atoms with E-state index in [0.717, 1.165) is 12.0 Å². The standard InChI is InChI=1S/C14H29NS/c1-3-11-15-14-10-6-4-5-8-13(14)9-7-12-16-2/h13-15H,3-12H2,1-2H3. The highest BCUT2D eigenvalue weighted by Crippen LogP contribution is 2.27. The van der Waals surface area contributed by atoms with Crippen LogP contribution in [-0.2, 0) is 0 Å². The fraction of sp³-hybridized carbons (Fsp3) is 1.00. The third-order valence-electron chi connectivity index (χ3n) is 3.74. The molecule has 2 atom stereocenters. The molecule has 96 valence electrons. The Labute approximate surface area is 106 Å². The summed E-state index contributed by atoms with van der Waals surface area (Å²) in [4.78, 5) is 0. The van der Waals surface area contributed by atoms with E-state index in [-0.39, 0.29) is 0 Å². The summed E-state index contributed by atoms with van der Waals surface area (Å²) >= 11 is 1.99. The third kappa shape index (κ3) is 5.58. The number of hydrogen-bond donors (Lipinski definition) is 1. The van der Waals surface area contributed by atoms with Crippen LogP contribution in [0.1, 0.15) is 58.3 Å². The Morgan fingerprint density at radius 1 is 1.19 bits per heavy atom. The zero-order chi connectivity index (χ0) is 11.6. The molecule has 2 heteroatoms. The highest BCUT2D eigenvalue weighted by molar-refractivity contribution is 7.98. The van der Waals surface area contributed by atoms with Crippen molar-refractivity contribution in [1.82, 2.24) is 5.32 Å². The topological polar surface area (TPSA) is 12.0 Å². The molecule has 0 aromatic rings. The number of hydrogen-bond acceptors (Lipinski definition) is 2. The van der Waals surface area contributed by atoms with E-state index in [4.69, 9.17) is 0 Å². The molecule has 1 aliphatic rings. The Bertz CT molecular complexity index is 161. The van der Waals surface area contributed by atoms with Crippen molar-refractivity contribution in [3.8, 4) is 0 Å². The predicted octanol–water partition coefficient (Wildman–Crippen LogP) is 4.08. The molecular weight excluding hydrogens is 214 g/mol. The molecule has 16 heavy (non-hydrogen) atoms. The number of rotatable bonds is 7. The first-order valence-electron chi connectivity index (χ1n) is 7.10. The van der Waals surface area contributed by atoms with Crippen molar-refractivity contribution < 1.29 is 0 Å². The van der Waals surface area contributed by atoms with Gasteiger partial charge in [0.25, 0.3) is 0 Å². The summed E-state index contributed by atoms with van der Waals surface area (Å²) in [7, 11) is 0. The van der Waals surface area contributed by atoms with Crippen LogP contribution in [0.2, 0.25) is 0 Å². The fourth-order valence-corrected chi connectivity index (χ4v) is 3.27. The molecule has 1 nitrogen and oxygen atoms in total. The first-order valence-corrected chi connectivity index (χ1v) is 8.50. The molecule has 0 aromatic carbocycles. The van der Waals surface area contributed by atoms with E-state index in [9.17, 15) is 0 Å². The third-order valence-corrected chi connectivity index (χ3v) is 4.44. The molecule has 0 aromatic heterocycles. The Morgan fingerprint density at radius 2 is 2.00 bits per heavy atom. The lowest BCUT2D eigenvalue weighted by Gasteiger charge is -2.26. The molecule has 0 heterocycles. The van der Waals surface area contributed by atoms with Gasteiger partial charge in [-0.1, -0.05) is 26.2 Å². The molecule has 0 amide bonds. The maximum atomic E-state index is 3.78. The van der Waals surface area contributed by atoms with Crippen LogP contribution >= 0.6 is 11.8 Å². The van der Waals surface area contributed by atoms with Gasteiger partial charge < -0.3 is 5.32 Å². The quantitative estimate of drug-likeness (QED) is 0.534. The Hall–Kier alpha value is 0.310. The van der Waals surface area contributed by atoms with Crippen LogP contribution in [-0.4, -0.2) is 24.6 Å². The number of nitrogens with one attached hydrogen (secondary N) is 1. The molecule has 0 saturated heterocycles. The zero-order valence-electron chi connectivity index (χ0n) is 11.1. The molecule has 0 spiro atoms. The SMILES string of the molecule is CCCNC1CCCCCC1CCCSC. The van der Waals surface area contributed by atoms with Crippen LogP contribution < -0.4 is 5.32 Å². The summed E-state index contributed by atoms with van der Waals surface area (Å²) in [5.74, 6) is 2.30. The van der Waals surface area contributed by atoms with Crippen LogP contribution in [0.25, 0.3) is 0 Å². The Morgan fingerprint density at radius 3 is 2.75 bits per heavy atom. The van der Waals surface area contributed by atoms with E-state index < -0.39 is 0 Å². The van der Waals surface area contributed by atoms with E-state index in [0.29, 0.717) is 0 Å². The van der Waals surface area contributed by atoms with Gasteiger partial charge in [-0.2, -0.15) is 11.8 Å². The van der Waals surface area contributed by atoms with Crippen molar-refractivity contribution in [2.75, 3.05) is 18.6 Å². The maximum Gasteiger partial charge on any atom is 0.00953 e. The van der Waals surface area contributed by atoms with E-state index in [1.54, 1.807) is 0 Å². The van der Waals surface area contributed by atoms with Crippen LogP contribution in [0.15, 0.2) is 0 Å². The van der Waals surface area contributed by atoms with Gasteiger partial charge in [0.05, 0.1) is 0 Å². The monoisotopic (exact) mass is 243 g/mol. The predicted molar refractivity (Wildman–Crippen MR) is 76.3 cm³/mol. The van der Waals surface area contributed by atoms with Crippen molar-refractivity contribution in [3.63, 3.8) is 0 Å². The van der Waals surface area contributed by atoms with Gasteiger partial charge in [-0.15, -0.1) is 0 Å². The fourth-order valence-electron chi connectivity index (χ4n) is 2.82. The Balaban J connectivity index is 2.32. The van der Waals surface area contributed by atoms with Gasteiger partial charge in [0.15, 0.2) is 0 Å². The van der Waals surface area contributed by atoms with Crippen LogP contribution in [0.4, 0.5) is 0 Å². The van der Waals surface area contributed by atoms with Crippen molar-refractivity contribution >= 4 is 11.8 Å². The molecule has 1 N–H and O–H groups in total. The normalized spacial score (nSPS) is 26.6. The molecule has 1 fully saturated rings. The average Bonchev–Trinajstić information content (AvgIpc) is 2.52. The van der Waals surface area contributed by atoms with Crippen LogP contribution in [0.3, 0.4) is 0 Å². The highest BCUT2D eigenvalue weighted by atomic mass is 32.2. The van der Waals surface area contributed by atoms with E-state index in [1.807, 2.05) is 11.8 Å². The van der Waals surface area contributed by atoms with Crippen LogP contribution in [0.5, 0.6) is 0 Å². The first-order chi connectivity index (χ1) is 7.88. The molecule has 0 bridgehead atoms. The smallest absolute Gasteiger partial charge is 0.00953 e. The van der Waals surface area contributed by atoms with Gasteiger partial charge in [-0.3, -0.25) is 0 Å². The van der Waals surface area contributed by atoms with Crippen LogP contribution in [0, 0.1) is 5.92 Å². The summed E-state index contributed by atoms with van der Waals surface area (Å²) in [6, 6.07) is 0.823. The van der Waals surface area contributed by atoms with Gasteiger partial charge >= 0.3 is 0 Å².